The zero-order chi connectivity index (χ0) is 39.8. The Bertz CT molecular complexity index is 1750. The van der Waals surface area contributed by atoms with Crippen LogP contribution in [0.5, 0.6) is 5.75 Å². The van der Waals surface area contributed by atoms with Gasteiger partial charge in [-0.3, -0.25) is 14.4 Å². The average molecular weight is 747 g/mol. The van der Waals surface area contributed by atoms with Gasteiger partial charge in [-0.2, -0.15) is 14.0 Å². The Balaban J connectivity index is 1.98. The molecule has 0 aromatic heterocycles. The molecule has 286 valence electrons. The Morgan fingerprint density at radius 1 is 1.04 bits per heavy atom. The minimum absolute atomic E-state index is 0.00842. The van der Waals surface area contributed by atoms with Gasteiger partial charge in [-0.1, -0.05) is 6.07 Å². The van der Waals surface area contributed by atoms with Crippen molar-refractivity contribution < 1.29 is 66.0 Å². The van der Waals surface area contributed by atoms with Crippen LogP contribution in [0.15, 0.2) is 36.4 Å². The first kappa shape index (κ1) is 41.6. The molecule has 1 heterocycles. The van der Waals surface area contributed by atoms with Crippen molar-refractivity contribution in [1.82, 2.24) is 4.90 Å². The number of morpholine rings is 1. The molecule has 53 heavy (non-hydrogen) atoms. The number of alkyl halides is 2. The number of halogens is 2. The summed E-state index contributed by atoms with van der Waals surface area (Å²) >= 11 is 0. The van der Waals surface area contributed by atoms with Gasteiger partial charge >= 0.3 is 30.7 Å². The molecule has 2 atom stereocenters. The molecule has 2 aromatic rings. The lowest BCUT2D eigenvalue weighted by Crippen LogP contribution is -2.56. The second-order valence-corrected chi connectivity index (χ2v) is 13.4. The van der Waals surface area contributed by atoms with Gasteiger partial charge in [0.2, 0.25) is 6.10 Å². The number of carbonyl (C=O) groups is 6. The van der Waals surface area contributed by atoms with Gasteiger partial charge in [0.15, 0.2) is 11.9 Å². The molecule has 2 aromatic carbocycles. The van der Waals surface area contributed by atoms with E-state index in [1.807, 2.05) is 6.07 Å². The van der Waals surface area contributed by atoms with Crippen LogP contribution >= 0.6 is 0 Å². The summed E-state index contributed by atoms with van der Waals surface area (Å²) in [6.07, 6.45) is -5.92. The Morgan fingerprint density at radius 3 is 2.19 bits per heavy atom. The number of benzene rings is 2. The Hall–Kier alpha value is -5.83. The topological polar surface area (TPSA) is 200 Å². The van der Waals surface area contributed by atoms with Gasteiger partial charge < -0.3 is 38.6 Å². The first-order valence-corrected chi connectivity index (χ1v) is 16.0. The number of carbonyl (C=O) groups excluding carboxylic acids is 6. The molecular formula is C35H40F2N4O12. The van der Waals surface area contributed by atoms with Crippen LogP contribution in [-0.2, 0) is 44.6 Å². The molecule has 0 bridgehead atoms. The lowest BCUT2D eigenvalue weighted by atomic mass is 10.1. The second-order valence-electron chi connectivity index (χ2n) is 13.4. The summed E-state index contributed by atoms with van der Waals surface area (Å²) in [6.45, 7) is 6.06. The summed E-state index contributed by atoms with van der Waals surface area (Å²) in [5.74, 6) is -4.78. The molecule has 1 fully saturated rings. The number of nitriles is 1. The SMILES string of the molecule is COC(=O)c1cccc(N2CCOC(C(OC(C)=O)C(=O)Nc3ccc(C#N)c(CN(C(=O)OC(C)(C)C)C(=O)OC(C)(C)C)c3)C2=O)c1OC(F)F. The van der Waals surface area contributed by atoms with Crippen molar-refractivity contribution in [3.8, 4) is 11.8 Å². The lowest BCUT2D eigenvalue weighted by Gasteiger charge is -2.36. The first-order chi connectivity index (χ1) is 24.6. The van der Waals surface area contributed by atoms with Crippen LogP contribution in [0.25, 0.3) is 0 Å². The highest BCUT2D eigenvalue weighted by Crippen LogP contribution is 2.36. The quantitative estimate of drug-likeness (QED) is 0.254. The average Bonchev–Trinajstić information content (AvgIpc) is 3.04. The summed E-state index contributed by atoms with van der Waals surface area (Å²) in [7, 11) is 1.02. The summed E-state index contributed by atoms with van der Waals surface area (Å²) in [4.78, 5) is 79.8. The van der Waals surface area contributed by atoms with Crippen molar-refractivity contribution in [2.75, 3.05) is 30.5 Å². The smallest absolute Gasteiger partial charge is 0.420 e. The van der Waals surface area contributed by atoms with Crippen molar-refractivity contribution in [3.63, 3.8) is 0 Å². The number of methoxy groups -OCH3 is 1. The van der Waals surface area contributed by atoms with Gasteiger partial charge in [0.05, 0.1) is 37.6 Å². The largest absolute Gasteiger partial charge is 0.465 e. The third-order valence-electron chi connectivity index (χ3n) is 6.89. The predicted molar refractivity (Wildman–Crippen MR) is 180 cm³/mol. The third-order valence-corrected chi connectivity index (χ3v) is 6.89. The van der Waals surface area contributed by atoms with E-state index in [2.05, 4.69) is 14.8 Å². The Morgan fingerprint density at radius 2 is 1.66 bits per heavy atom. The number of para-hydroxylation sites is 1. The fourth-order valence-electron chi connectivity index (χ4n) is 4.85. The van der Waals surface area contributed by atoms with Crippen molar-refractivity contribution >= 4 is 47.3 Å². The summed E-state index contributed by atoms with van der Waals surface area (Å²) in [5, 5.41) is 12.3. The molecule has 1 N–H and O–H groups in total. The number of esters is 2. The van der Waals surface area contributed by atoms with E-state index in [1.54, 1.807) is 41.5 Å². The Kier molecular flexibility index (Phi) is 13.4. The van der Waals surface area contributed by atoms with Crippen LogP contribution in [0.4, 0.5) is 29.7 Å². The molecule has 16 nitrogen and oxygen atoms in total. The molecule has 0 saturated carbocycles. The van der Waals surface area contributed by atoms with E-state index >= 15 is 0 Å². The van der Waals surface area contributed by atoms with E-state index in [-0.39, 0.29) is 35.7 Å². The summed E-state index contributed by atoms with van der Waals surface area (Å²) in [6, 6.07) is 9.47. The fraction of sp³-hybridized carbons (Fsp3) is 0.457. The van der Waals surface area contributed by atoms with Crippen molar-refractivity contribution in [3.05, 3.63) is 53.1 Å². The number of hydrogen-bond acceptors (Lipinski definition) is 13. The van der Waals surface area contributed by atoms with E-state index in [0.717, 1.165) is 25.0 Å². The molecule has 0 radical (unpaired) electrons. The highest BCUT2D eigenvalue weighted by atomic mass is 19.3. The number of nitrogens with zero attached hydrogens (tertiary/aromatic N) is 3. The molecule has 1 aliphatic heterocycles. The number of imide groups is 1. The van der Waals surface area contributed by atoms with E-state index in [0.29, 0.717) is 4.90 Å². The number of ether oxygens (including phenoxy) is 6. The normalized spacial score (nSPS) is 15.1. The molecular weight excluding hydrogens is 706 g/mol. The van der Waals surface area contributed by atoms with Crippen LogP contribution < -0.4 is 15.0 Å². The van der Waals surface area contributed by atoms with Gasteiger partial charge in [0.1, 0.15) is 16.8 Å². The maximum absolute atomic E-state index is 13.8. The molecule has 4 amide bonds. The van der Waals surface area contributed by atoms with E-state index < -0.39 is 83.8 Å². The van der Waals surface area contributed by atoms with Gasteiger partial charge in [0.25, 0.3) is 11.8 Å². The molecule has 2 unspecified atom stereocenters. The number of nitrogens with one attached hydrogen (secondary N) is 1. The standard InChI is InChI=1S/C35H40F2N4O12/c1-19(42)50-26(27-29(44)40(14-15-49-27)24-11-9-10-23(30(45)48-8)25(24)51-31(36)37)28(43)39-22-13-12-20(17-38)21(16-22)18-41(32(46)52-34(2,3)4)33(47)53-35(5,6)7/h9-13,16,26-27,31H,14-15,18H2,1-8H3,(H,39,43). The molecule has 18 heteroatoms. The summed E-state index contributed by atoms with van der Waals surface area (Å²) < 4.78 is 57.7. The summed E-state index contributed by atoms with van der Waals surface area (Å²) in [5.41, 5.74) is -2.64. The molecule has 0 aliphatic carbocycles. The zero-order valence-electron chi connectivity index (χ0n) is 30.3. The van der Waals surface area contributed by atoms with Crippen LogP contribution in [-0.4, -0.2) is 91.1 Å². The predicted octanol–water partition coefficient (Wildman–Crippen LogP) is 4.92. The third kappa shape index (κ3) is 11.3. The van der Waals surface area contributed by atoms with Crippen LogP contribution in [0.1, 0.15) is 70.0 Å². The molecule has 1 saturated heterocycles. The van der Waals surface area contributed by atoms with E-state index in [4.69, 9.17) is 18.9 Å². The van der Waals surface area contributed by atoms with Crippen LogP contribution in [0.2, 0.25) is 0 Å². The van der Waals surface area contributed by atoms with Crippen molar-refractivity contribution in [1.29, 1.82) is 5.26 Å². The first-order valence-electron chi connectivity index (χ1n) is 16.0. The zero-order valence-corrected chi connectivity index (χ0v) is 30.3. The van der Waals surface area contributed by atoms with Gasteiger partial charge in [-0.05, 0) is 77.4 Å². The number of hydrogen-bond donors (Lipinski definition) is 1. The van der Waals surface area contributed by atoms with E-state index in [1.165, 1.54) is 30.3 Å². The number of amides is 4. The van der Waals surface area contributed by atoms with Gasteiger partial charge in [-0.15, -0.1) is 0 Å². The maximum atomic E-state index is 13.8. The van der Waals surface area contributed by atoms with Crippen molar-refractivity contribution in [2.24, 2.45) is 0 Å². The second kappa shape index (κ2) is 17.1. The van der Waals surface area contributed by atoms with Crippen molar-refractivity contribution in [2.45, 2.75) is 85.0 Å². The highest BCUT2D eigenvalue weighted by molar-refractivity contribution is 6.06. The Labute approximate surface area is 303 Å². The minimum atomic E-state index is -3.40. The van der Waals surface area contributed by atoms with Crippen LogP contribution in [0, 0.1) is 11.3 Å². The highest BCUT2D eigenvalue weighted by Gasteiger charge is 2.44. The number of anilines is 2. The lowest BCUT2D eigenvalue weighted by molar-refractivity contribution is -0.167. The molecule has 1 aliphatic rings. The molecule has 0 spiro atoms. The van der Waals surface area contributed by atoms with Gasteiger partial charge in [-0.25, -0.2) is 19.3 Å². The maximum Gasteiger partial charge on any atom is 0.420 e. The van der Waals surface area contributed by atoms with Gasteiger partial charge in [0, 0.05) is 19.2 Å². The minimum Gasteiger partial charge on any atom is -0.465 e. The fourth-order valence-corrected chi connectivity index (χ4v) is 4.85. The van der Waals surface area contributed by atoms with Crippen LogP contribution in [0.3, 0.4) is 0 Å². The number of rotatable bonds is 10. The van der Waals surface area contributed by atoms with E-state index in [9.17, 15) is 42.8 Å². The molecule has 3 rings (SSSR count). The monoisotopic (exact) mass is 746 g/mol.